The van der Waals surface area contributed by atoms with Crippen LogP contribution in [0.4, 0.5) is 0 Å². The van der Waals surface area contributed by atoms with Crippen LogP contribution in [0.25, 0.3) is 0 Å². The molecular weight excluding hydrogens is 583 g/mol. The number of amides is 1. The van der Waals surface area contributed by atoms with Crippen LogP contribution in [-0.4, -0.2) is 37.2 Å². The molecule has 13 heteroatoms. The molecule has 0 unspecified atom stereocenters. The van der Waals surface area contributed by atoms with Gasteiger partial charge in [-0.05, 0) is 65.6 Å². The fourth-order valence-electron chi connectivity index (χ4n) is 2.48. The van der Waals surface area contributed by atoms with Crippen molar-refractivity contribution in [3.05, 3.63) is 0 Å². The molecule has 10 nitrogen and oxygen atoms in total. The molecule has 0 radical (unpaired) electrons. The quantitative estimate of drug-likeness (QED) is 0.0517. The molecule has 0 saturated heterocycles. The summed E-state index contributed by atoms with van der Waals surface area (Å²) < 4.78 is 24.8. The third-order valence-corrected chi connectivity index (χ3v) is 4.55. The molecule has 0 aliphatic carbocycles. The zero-order valence-electron chi connectivity index (χ0n) is 24.6. The Morgan fingerprint density at radius 1 is 0.833 bits per heavy atom. The summed E-state index contributed by atoms with van der Waals surface area (Å²) in [6.45, 7) is 2.12. The monoisotopic (exact) mass is 637 g/mol. The summed E-state index contributed by atoms with van der Waals surface area (Å²) in [5.74, 6) is 23.1. The third kappa shape index (κ3) is 42.3. The van der Waals surface area contributed by atoms with Gasteiger partial charge in [-0.2, -0.15) is 0 Å². The zero-order chi connectivity index (χ0) is 30.5. The minimum atomic E-state index is -5.31. The maximum Gasteiger partial charge on any atom is 1.00 e. The van der Waals surface area contributed by atoms with Crippen LogP contribution in [0.5, 0.6) is 0 Å². The number of hydrogen-bond donors (Lipinski definition) is 1. The second kappa shape index (κ2) is 33.4. The summed E-state index contributed by atoms with van der Waals surface area (Å²) in [5.41, 5.74) is 4.47. The number of phosphoric acid groups is 1. The molecule has 42 heavy (non-hydrogen) atoms. The minimum absolute atomic E-state index is 0. The fourth-order valence-corrected chi connectivity index (χ4v) is 2.83. The van der Waals surface area contributed by atoms with Gasteiger partial charge in [-0.15, -0.1) is 6.42 Å². The van der Waals surface area contributed by atoms with E-state index >= 15 is 0 Å². The Labute approximate surface area is 309 Å². The summed E-state index contributed by atoms with van der Waals surface area (Å²) in [6, 6.07) is 0. The Morgan fingerprint density at radius 2 is 1.29 bits per heavy atom. The molecule has 0 bridgehead atoms. The van der Waals surface area contributed by atoms with Gasteiger partial charge in [-0.3, -0.25) is 9.59 Å². The van der Waals surface area contributed by atoms with Crippen LogP contribution in [0.15, 0.2) is 0 Å². The van der Waals surface area contributed by atoms with E-state index in [0.717, 1.165) is 25.7 Å². The average Bonchev–Trinajstić information content (AvgIpc) is 2.87. The molecule has 0 aromatic carbocycles. The normalized spacial score (nSPS) is 9.12. The Kier molecular flexibility index (Phi) is 37.2. The first-order valence-corrected chi connectivity index (χ1v) is 13.7. The second-order valence-electron chi connectivity index (χ2n) is 7.68. The first kappa shape index (κ1) is 46.8. The van der Waals surface area contributed by atoms with Gasteiger partial charge in [0.1, 0.15) is 6.61 Å². The number of unbranched alkanes of at least 4 members (excludes halogenated alkanes) is 7. The number of ether oxygens (including phenoxy) is 2. The number of rotatable bonds is 15. The van der Waals surface area contributed by atoms with E-state index in [2.05, 4.69) is 82.3 Å². The average molecular weight is 638 g/mol. The summed E-state index contributed by atoms with van der Waals surface area (Å²) in [7, 11) is -5.31. The van der Waals surface area contributed by atoms with Gasteiger partial charge in [0.15, 0.2) is 6.10 Å². The summed E-state index contributed by atoms with van der Waals surface area (Å²) in [4.78, 5) is 54.4. The molecule has 1 atom stereocenters. The number of phosphoric ester groups is 1. The Hall–Kier alpha value is -2.12. The standard InChI is InChI=1S/C27H29O8P.C2H5NO.2Na.11H2/c1-3-5-7-9-11-13-14-16-17-19-21-26(28)33-23-25(24-34-36(30,31)32)35-27(29)22-20-18-15-12-10-8-6-4-2;1-2(3)4;;;;;;;;;;;;;/h1,25H,4,6,8,10,12,15,18,20,22-24H2,2H3,(H2,30,31,32);1H3,(H2,3,4);;;11*1H/q;;2*+1;;;;;;;;;;;/p-2/t25-;;;;;;;;;;;;;;/m1............../s1. The number of terminal acetylenes is 1. The van der Waals surface area contributed by atoms with Crippen molar-refractivity contribution in [3.63, 3.8) is 0 Å². The zero-order valence-corrected chi connectivity index (χ0v) is 29.5. The van der Waals surface area contributed by atoms with Crippen molar-refractivity contribution in [2.24, 2.45) is 5.73 Å². The van der Waals surface area contributed by atoms with Crippen molar-refractivity contribution in [1.29, 1.82) is 0 Å². The van der Waals surface area contributed by atoms with Crippen molar-refractivity contribution in [2.75, 3.05) is 13.2 Å². The van der Waals surface area contributed by atoms with Crippen LogP contribution in [0.1, 0.15) is 87.3 Å². The molecular formula is C29H54NNa2O9P. The van der Waals surface area contributed by atoms with Gasteiger partial charge in [-0.1, -0.05) is 51.9 Å². The van der Waals surface area contributed by atoms with Crippen LogP contribution >= 0.6 is 7.82 Å². The van der Waals surface area contributed by atoms with E-state index in [-0.39, 0.29) is 87.1 Å². The van der Waals surface area contributed by atoms with E-state index in [1.54, 1.807) is 0 Å². The van der Waals surface area contributed by atoms with Crippen LogP contribution in [0, 0.1) is 71.5 Å². The fraction of sp³-hybridized carbons (Fsp3) is 0.483. The van der Waals surface area contributed by atoms with E-state index < -0.39 is 39.1 Å². The number of esters is 2. The second-order valence-corrected chi connectivity index (χ2v) is 8.84. The Bertz CT molecular complexity index is 1250. The maximum atomic E-state index is 12.0. The summed E-state index contributed by atoms with van der Waals surface area (Å²) in [5, 5.41) is 0. The van der Waals surface area contributed by atoms with Gasteiger partial charge >= 0.3 is 71.1 Å². The molecule has 0 aromatic rings. The predicted octanol–water partition coefficient (Wildman–Crippen LogP) is -2.33. The van der Waals surface area contributed by atoms with Crippen molar-refractivity contribution in [3.8, 4) is 71.5 Å². The molecule has 0 fully saturated rings. The molecule has 0 spiro atoms. The number of nitrogens with two attached hydrogens (primary N) is 1. The number of carbonyl (C=O) groups is 3. The molecule has 0 saturated carbocycles. The molecule has 236 valence electrons. The van der Waals surface area contributed by atoms with Gasteiger partial charge in [-0.25, -0.2) is 4.79 Å². The smallest absolute Gasteiger partial charge is 0.790 e. The molecule has 0 aromatic heterocycles. The molecule has 0 heterocycles. The van der Waals surface area contributed by atoms with E-state index in [0.29, 0.717) is 6.42 Å². The van der Waals surface area contributed by atoms with E-state index in [1.165, 1.54) is 26.2 Å². The van der Waals surface area contributed by atoms with Gasteiger partial charge in [0.2, 0.25) is 5.91 Å². The van der Waals surface area contributed by atoms with Crippen LogP contribution in [-0.2, 0) is 32.9 Å². The van der Waals surface area contributed by atoms with Crippen LogP contribution in [0.2, 0.25) is 0 Å². The molecule has 0 rings (SSSR count). The van der Waals surface area contributed by atoms with Gasteiger partial charge in [0.25, 0.3) is 0 Å². The maximum absolute atomic E-state index is 12.0. The number of primary amides is 1. The number of hydrogen-bond acceptors (Lipinski definition) is 9. The largest absolute Gasteiger partial charge is 1.00 e. The van der Waals surface area contributed by atoms with Crippen LogP contribution in [0.3, 0.4) is 0 Å². The Morgan fingerprint density at radius 3 is 1.76 bits per heavy atom. The topological polar surface area (TPSA) is 168 Å². The van der Waals surface area contributed by atoms with E-state index in [9.17, 15) is 28.7 Å². The van der Waals surface area contributed by atoms with Crippen molar-refractivity contribution in [2.45, 2.75) is 77.7 Å². The van der Waals surface area contributed by atoms with Gasteiger partial charge in [0.05, 0.1) is 14.4 Å². The van der Waals surface area contributed by atoms with E-state index in [4.69, 9.17) is 15.9 Å². The molecule has 1 amide bonds. The first-order chi connectivity index (χ1) is 19.0. The van der Waals surface area contributed by atoms with E-state index in [1.807, 2.05) is 0 Å². The summed E-state index contributed by atoms with van der Waals surface area (Å²) in [6.07, 6.45) is 12.0. The van der Waals surface area contributed by atoms with Crippen molar-refractivity contribution >= 4 is 25.7 Å². The van der Waals surface area contributed by atoms with Crippen LogP contribution < -0.4 is 74.6 Å². The van der Waals surface area contributed by atoms with Gasteiger partial charge in [0, 0.05) is 35.0 Å². The third-order valence-electron chi connectivity index (χ3n) is 4.09. The van der Waals surface area contributed by atoms with Crippen molar-refractivity contribution in [1.82, 2.24) is 0 Å². The molecule has 0 aliphatic heterocycles. The Balaban J connectivity index is -0.0000000620. The number of carbonyl (C=O) groups excluding carboxylic acids is 3. The molecule has 2 N–H and O–H groups in total. The minimum Gasteiger partial charge on any atom is -0.790 e. The molecule has 0 aliphatic rings. The predicted molar refractivity (Wildman–Crippen MR) is 167 cm³/mol. The van der Waals surface area contributed by atoms with Crippen molar-refractivity contribution < 1.29 is 118 Å². The first-order valence-electron chi connectivity index (χ1n) is 12.3. The van der Waals surface area contributed by atoms with Gasteiger partial charge < -0.3 is 34.1 Å². The SMILES string of the molecule is C#CC#CC#CC#CC#CC#CC(=O)OC[C@H](COP(=O)([O-])[O-])OC(=O)CCCCCCCCCC.CC(N)=O.[HH].[HH].[HH].[HH].[HH].[HH].[HH].[HH].[HH].[HH].[HH].[Na+].[Na+]. The summed E-state index contributed by atoms with van der Waals surface area (Å²) >= 11 is 0.